The number of carboxylic acid groups (broad SMARTS) is 2. The number of halogens is 6. The molecule has 2 N–H and O–H groups in total. The summed E-state index contributed by atoms with van der Waals surface area (Å²) in [5.41, 5.74) is 0. The van der Waals surface area contributed by atoms with Gasteiger partial charge in [0.05, 0.1) is 0 Å². The Hall–Kier alpha value is -0.883. The number of hydrogen-bond donors (Lipinski definition) is 2. The molecule has 4 nitrogen and oxygen atoms in total. The molecule has 0 fully saturated rings. The molecule has 0 aromatic heterocycles. The smallest absolute Gasteiger partial charge is 1.00 e. The number of rotatable bonds is 4. The van der Waals surface area contributed by atoms with Crippen molar-refractivity contribution in [2.75, 3.05) is 0 Å². The van der Waals surface area contributed by atoms with E-state index in [1.807, 2.05) is 0 Å². The Labute approximate surface area is 96.9 Å². The first-order valence-electron chi connectivity index (χ1n) is 2.99. The third kappa shape index (κ3) is 2.27. The van der Waals surface area contributed by atoms with Gasteiger partial charge in [0.2, 0.25) is 0 Å². The normalized spacial score (nSPS) is 12.9. The molecule has 0 spiro atoms. The van der Waals surface area contributed by atoms with E-state index in [4.69, 9.17) is 10.2 Å². The van der Waals surface area contributed by atoms with Gasteiger partial charge in [-0.05, 0) is 0 Å². The molecule has 11 heteroatoms. The van der Waals surface area contributed by atoms with E-state index < -0.39 is 29.7 Å². The largest absolute Gasteiger partial charge is 1.00 e. The minimum atomic E-state index is -6.53. The van der Waals surface area contributed by atoms with Gasteiger partial charge in [-0.15, -0.1) is 0 Å². The van der Waals surface area contributed by atoms with Crippen molar-refractivity contribution in [3.05, 3.63) is 0 Å². The average molecular weight is 248 g/mol. The first-order valence-corrected chi connectivity index (χ1v) is 2.99. The zero-order valence-electron chi connectivity index (χ0n) is 8.48. The number of alkyl halides is 6. The molecule has 0 bridgehead atoms. The molecule has 0 heterocycles. The predicted molar refractivity (Wildman–Crippen MR) is 31.2 cm³/mol. The number of hydrogen-bond acceptors (Lipinski definition) is 2. The summed E-state index contributed by atoms with van der Waals surface area (Å²) in [6.45, 7) is 0. The van der Waals surface area contributed by atoms with Crippen molar-refractivity contribution >= 4 is 11.9 Å². The van der Waals surface area contributed by atoms with Crippen LogP contribution in [-0.4, -0.2) is 39.9 Å². The summed E-state index contributed by atoms with van der Waals surface area (Å²) in [6, 6.07) is 0. The van der Waals surface area contributed by atoms with Crippen LogP contribution in [0.4, 0.5) is 26.3 Å². The third-order valence-corrected chi connectivity index (χ3v) is 1.33. The van der Waals surface area contributed by atoms with E-state index in [0.717, 1.165) is 0 Å². The zero-order chi connectivity index (χ0) is 12.7. The minimum Gasteiger partial charge on any atom is -1.00 e. The van der Waals surface area contributed by atoms with Gasteiger partial charge in [-0.3, -0.25) is 0 Å². The Morgan fingerprint density at radius 2 is 1.00 bits per heavy atom. The Balaban J connectivity index is -0.000000980. The maximum Gasteiger partial charge on any atom is 1.00 e. The van der Waals surface area contributed by atoms with Crippen LogP contribution < -0.4 is 18.9 Å². The van der Waals surface area contributed by atoms with Gasteiger partial charge in [0.25, 0.3) is 0 Å². The van der Waals surface area contributed by atoms with Gasteiger partial charge in [-0.25, -0.2) is 9.59 Å². The molecule has 0 saturated heterocycles. The van der Waals surface area contributed by atoms with Crippen LogP contribution in [0.1, 0.15) is 1.43 Å². The van der Waals surface area contributed by atoms with E-state index in [1.165, 1.54) is 0 Å². The predicted octanol–water partition coefficient (Wildman–Crippen LogP) is -1.82. The average Bonchev–Trinajstić information content (AvgIpc) is 2.02. The fourth-order valence-corrected chi connectivity index (χ4v) is 0.466. The number of carbonyl (C=O) groups is 2. The van der Waals surface area contributed by atoms with Gasteiger partial charge in [-0.1, -0.05) is 0 Å². The molecule has 0 aliphatic carbocycles. The maximum atomic E-state index is 12.2. The summed E-state index contributed by atoms with van der Waals surface area (Å²) >= 11 is 0. The molecule has 0 saturated carbocycles. The number of carboxylic acids is 2. The summed E-state index contributed by atoms with van der Waals surface area (Å²) in [7, 11) is 0. The van der Waals surface area contributed by atoms with Crippen LogP contribution in [0.3, 0.4) is 0 Å². The van der Waals surface area contributed by atoms with E-state index >= 15 is 0 Å². The summed E-state index contributed by atoms with van der Waals surface area (Å²) < 4.78 is 72.8. The second kappa shape index (κ2) is 4.55. The van der Waals surface area contributed by atoms with E-state index in [1.54, 1.807) is 0 Å². The summed E-state index contributed by atoms with van der Waals surface area (Å²) in [6.07, 6.45) is 0. The Morgan fingerprint density at radius 3 is 1.12 bits per heavy atom. The van der Waals surface area contributed by atoms with Gasteiger partial charge in [0.15, 0.2) is 0 Å². The second-order valence-electron chi connectivity index (χ2n) is 2.33. The van der Waals surface area contributed by atoms with Crippen molar-refractivity contribution in [3.8, 4) is 0 Å². The van der Waals surface area contributed by atoms with E-state index in [2.05, 4.69) is 0 Å². The van der Waals surface area contributed by atoms with Gasteiger partial charge >= 0.3 is 48.6 Å². The first-order chi connectivity index (χ1) is 6.39. The molecule has 90 valence electrons. The molecule has 0 radical (unpaired) electrons. The number of aliphatic carboxylic acids is 2. The molecule has 0 aliphatic rings. The molecular weight excluding hydrogens is 245 g/mol. The van der Waals surface area contributed by atoms with Crippen LogP contribution >= 0.6 is 0 Å². The van der Waals surface area contributed by atoms with Crippen LogP contribution in [0.25, 0.3) is 0 Å². The minimum absolute atomic E-state index is 0. The van der Waals surface area contributed by atoms with Crippen LogP contribution in [-0.2, 0) is 9.59 Å². The van der Waals surface area contributed by atoms with E-state index in [9.17, 15) is 35.9 Å². The molecule has 0 rings (SSSR count). The molecule has 0 aromatic rings. The topological polar surface area (TPSA) is 74.6 Å². The monoisotopic (exact) mass is 248 g/mol. The molecule has 0 amide bonds. The standard InChI is InChI=1S/C5H2F6O4.Li.H/c6-3(7,1(12)13)5(10,11)4(8,9)2(14)15;;/h(H,12,13)(H,14,15);;/q;+1;-1. The summed E-state index contributed by atoms with van der Waals surface area (Å²) in [5, 5.41) is 15.1. The van der Waals surface area contributed by atoms with Gasteiger partial charge in [-0.2, -0.15) is 26.3 Å². The Bertz CT molecular complexity index is 281. The SMILES string of the molecule is O=C(O)C(F)(F)C(F)(F)C(F)(F)C(=O)O.[H-].[Li+]. The van der Waals surface area contributed by atoms with Crippen LogP contribution in [0.2, 0.25) is 0 Å². The summed E-state index contributed by atoms with van der Waals surface area (Å²) in [4.78, 5) is 19.2. The van der Waals surface area contributed by atoms with Crippen molar-refractivity contribution in [2.45, 2.75) is 17.8 Å². The summed E-state index contributed by atoms with van der Waals surface area (Å²) in [5.74, 6) is -26.0. The zero-order valence-corrected chi connectivity index (χ0v) is 7.48. The van der Waals surface area contributed by atoms with Crippen molar-refractivity contribution in [1.82, 2.24) is 0 Å². The fourth-order valence-electron chi connectivity index (χ4n) is 0.466. The fraction of sp³-hybridized carbons (Fsp3) is 0.600. The van der Waals surface area contributed by atoms with Crippen LogP contribution in [0.15, 0.2) is 0 Å². The van der Waals surface area contributed by atoms with Gasteiger partial charge < -0.3 is 11.6 Å². The third-order valence-electron chi connectivity index (χ3n) is 1.33. The van der Waals surface area contributed by atoms with Crippen molar-refractivity contribution in [1.29, 1.82) is 0 Å². The molecule has 16 heavy (non-hydrogen) atoms. The van der Waals surface area contributed by atoms with Gasteiger partial charge in [0.1, 0.15) is 0 Å². The van der Waals surface area contributed by atoms with Crippen LogP contribution in [0.5, 0.6) is 0 Å². The molecule has 0 unspecified atom stereocenters. The van der Waals surface area contributed by atoms with Crippen molar-refractivity contribution in [2.24, 2.45) is 0 Å². The Kier molecular flexibility index (Phi) is 4.97. The molecule has 0 aromatic carbocycles. The van der Waals surface area contributed by atoms with Crippen molar-refractivity contribution in [3.63, 3.8) is 0 Å². The second-order valence-corrected chi connectivity index (χ2v) is 2.33. The maximum absolute atomic E-state index is 12.2. The van der Waals surface area contributed by atoms with E-state index in [-0.39, 0.29) is 20.3 Å². The van der Waals surface area contributed by atoms with E-state index in [0.29, 0.717) is 0 Å². The molecule has 0 atom stereocenters. The molecular formula is C5H3F6LiO4. The Morgan fingerprint density at radius 1 is 0.812 bits per heavy atom. The quantitative estimate of drug-likeness (QED) is 0.453. The van der Waals surface area contributed by atoms with Crippen LogP contribution in [0, 0.1) is 0 Å². The van der Waals surface area contributed by atoms with Crippen molar-refractivity contribution < 1.29 is 66.4 Å². The first kappa shape index (κ1) is 17.5. The van der Waals surface area contributed by atoms with Gasteiger partial charge in [0, 0.05) is 0 Å². The molecule has 0 aliphatic heterocycles.